The molecular formula is C14H15BrN2O. The quantitative estimate of drug-likeness (QED) is 0.680. The van der Waals surface area contributed by atoms with Crippen LogP contribution in [0.25, 0.3) is 0 Å². The summed E-state index contributed by atoms with van der Waals surface area (Å²) >= 11 is 3.36. The maximum atomic E-state index is 5.73. The zero-order chi connectivity index (χ0) is 12.8. The van der Waals surface area contributed by atoms with Crippen LogP contribution < -0.4 is 10.5 Å². The first-order valence-electron chi connectivity index (χ1n) is 5.82. The molecule has 1 aromatic carbocycles. The van der Waals surface area contributed by atoms with Gasteiger partial charge in [-0.3, -0.25) is 4.98 Å². The number of nitrogens with zero attached hydrogens (tertiary/aromatic N) is 1. The highest BCUT2D eigenvalue weighted by Crippen LogP contribution is 2.16. The van der Waals surface area contributed by atoms with Gasteiger partial charge in [0.05, 0.1) is 12.8 Å². The lowest BCUT2D eigenvalue weighted by molar-refractivity contribution is 0.309. The number of pyridine rings is 1. The number of nitrogen functional groups attached to an aromatic ring is 1. The van der Waals surface area contributed by atoms with Gasteiger partial charge >= 0.3 is 0 Å². The molecule has 0 radical (unpaired) electrons. The number of halogens is 1. The highest BCUT2D eigenvalue weighted by molar-refractivity contribution is 9.10. The summed E-state index contributed by atoms with van der Waals surface area (Å²) in [6, 6.07) is 9.86. The van der Waals surface area contributed by atoms with E-state index < -0.39 is 0 Å². The van der Waals surface area contributed by atoms with E-state index in [2.05, 4.69) is 27.0 Å². The molecule has 2 rings (SSSR count). The molecule has 0 saturated carbocycles. The Bertz CT molecular complexity index is 469. The highest BCUT2D eigenvalue weighted by atomic mass is 79.9. The highest BCUT2D eigenvalue weighted by Gasteiger charge is 1.97. The number of nitrogens with two attached hydrogens (primary N) is 1. The Labute approximate surface area is 115 Å². The van der Waals surface area contributed by atoms with E-state index >= 15 is 0 Å². The molecule has 0 fully saturated rings. The van der Waals surface area contributed by atoms with E-state index in [1.807, 2.05) is 24.3 Å². The Morgan fingerprint density at radius 2 is 2.11 bits per heavy atom. The minimum absolute atomic E-state index is 0.674. The van der Waals surface area contributed by atoms with Crippen molar-refractivity contribution >= 4 is 21.6 Å². The Hall–Kier alpha value is -1.55. The fourth-order valence-corrected chi connectivity index (χ4v) is 2.03. The summed E-state index contributed by atoms with van der Waals surface area (Å²) in [5.74, 6) is 0.789. The van der Waals surface area contributed by atoms with E-state index in [9.17, 15) is 0 Å². The first kappa shape index (κ1) is 12.9. The number of ether oxygens (including phenoxy) is 1. The van der Waals surface area contributed by atoms with Crippen LogP contribution in [0.15, 0.2) is 47.2 Å². The molecule has 0 aliphatic heterocycles. The number of rotatable bonds is 5. The van der Waals surface area contributed by atoms with Gasteiger partial charge in [-0.15, -0.1) is 0 Å². The van der Waals surface area contributed by atoms with Crippen LogP contribution in [0.4, 0.5) is 5.69 Å². The van der Waals surface area contributed by atoms with Gasteiger partial charge in [-0.2, -0.15) is 0 Å². The zero-order valence-electron chi connectivity index (χ0n) is 9.97. The lowest BCUT2D eigenvalue weighted by atomic mass is 10.1. The van der Waals surface area contributed by atoms with Crippen molar-refractivity contribution in [1.29, 1.82) is 0 Å². The predicted molar refractivity (Wildman–Crippen MR) is 76.6 cm³/mol. The number of anilines is 1. The van der Waals surface area contributed by atoms with E-state index in [4.69, 9.17) is 10.5 Å². The SMILES string of the molecule is Nc1cccc(CCCOc2cncc(Br)c2)c1. The first-order valence-corrected chi connectivity index (χ1v) is 6.61. The second kappa shape index (κ2) is 6.40. The van der Waals surface area contributed by atoms with Gasteiger partial charge in [0, 0.05) is 16.4 Å². The molecule has 1 heterocycles. The van der Waals surface area contributed by atoms with E-state index in [0.29, 0.717) is 6.61 Å². The minimum Gasteiger partial charge on any atom is -0.492 e. The molecule has 0 amide bonds. The van der Waals surface area contributed by atoms with Crippen LogP contribution in [-0.2, 0) is 6.42 Å². The second-order valence-corrected chi connectivity index (χ2v) is 4.95. The van der Waals surface area contributed by atoms with Gasteiger partial charge in [0.2, 0.25) is 0 Å². The second-order valence-electron chi connectivity index (χ2n) is 4.04. The van der Waals surface area contributed by atoms with Gasteiger partial charge in [0.1, 0.15) is 5.75 Å². The molecule has 0 aliphatic rings. The molecule has 0 unspecified atom stereocenters. The Kier molecular flexibility index (Phi) is 4.59. The molecule has 94 valence electrons. The van der Waals surface area contributed by atoms with Crippen molar-refractivity contribution in [2.24, 2.45) is 0 Å². The summed E-state index contributed by atoms with van der Waals surface area (Å²) in [6.45, 7) is 0.674. The van der Waals surface area contributed by atoms with Gasteiger partial charge in [0.25, 0.3) is 0 Å². The maximum Gasteiger partial charge on any atom is 0.138 e. The minimum atomic E-state index is 0.674. The van der Waals surface area contributed by atoms with Crippen molar-refractivity contribution in [2.45, 2.75) is 12.8 Å². The zero-order valence-corrected chi connectivity index (χ0v) is 11.6. The molecule has 0 atom stereocenters. The van der Waals surface area contributed by atoms with Crippen LogP contribution in [0.3, 0.4) is 0 Å². The molecule has 2 N–H and O–H groups in total. The molecule has 0 saturated heterocycles. The Morgan fingerprint density at radius 1 is 1.22 bits per heavy atom. The number of aromatic nitrogens is 1. The smallest absolute Gasteiger partial charge is 0.138 e. The Balaban J connectivity index is 1.76. The monoisotopic (exact) mass is 306 g/mol. The molecule has 2 aromatic rings. The molecule has 4 heteroatoms. The topological polar surface area (TPSA) is 48.1 Å². The fraction of sp³-hybridized carbons (Fsp3) is 0.214. The lowest BCUT2D eigenvalue weighted by Crippen LogP contribution is -2.00. The van der Waals surface area contributed by atoms with Crippen molar-refractivity contribution in [3.8, 4) is 5.75 Å². The van der Waals surface area contributed by atoms with E-state index in [0.717, 1.165) is 28.8 Å². The summed E-state index contributed by atoms with van der Waals surface area (Å²) < 4.78 is 6.54. The maximum absolute atomic E-state index is 5.73. The Morgan fingerprint density at radius 3 is 2.89 bits per heavy atom. The van der Waals surface area contributed by atoms with Crippen LogP contribution in [-0.4, -0.2) is 11.6 Å². The van der Waals surface area contributed by atoms with Crippen molar-refractivity contribution in [3.05, 3.63) is 52.8 Å². The summed E-state index contributed by atoms with van der Waals surface area (Å²) in [4.78, 5) is 4.04. The number of hydrogen-bond acceptors (Lipinski definition) is 3. The van der Waals surface area contributed by atoms with E-state index in [1.165, 1.54) is 5.56 Å². The summed E-state index contributed by atoms with van der Waals surface area (Å²) in [6.07, 6.45) is 5.37. The average Bonchev–Trinajstić information content (AvgIpc) is 2.35. The van der Waals surface area contributed by atoms with Crippen LogP contribution >= 0.6 is 15.9 Å². The normalized spacial score (nSPS) is 10.3. The third-order valence-corrected chi connectivity index (χ3v) is 2.94. The van der Waals surface area contributed by atoms with Crippen molar-refractivity contribution in [3.63, 3.8) is 0 Å². The largest absolute Gasteiger partial charge is 0.492 e. The van der Waals surface area contributed by atoms with Crippen LogP contribution in [0, 0.1) is 0 Å². The molecule has 3 nitrogen and oxygen atoms in total. The van der Waals surface area contributed by atoms with Crippen LogP contribution in [0.1, 0.15) is 12.0 Å². The average molecular weight is 307 g/mol. The first-order chi connectivity index (χ1) is 8.74. The van der Waals surface area contributed by atoms with E-state index in [1.54, 1.807) is 12.4 Å². The van der Waals surface area contributed by atoms with Crippen LogP contribution in [0.5, 0.6) is 5.75 Å². The fourth-order valence-electron chi connectivity index (χ4n) is 1.69. The third kappa shape index (κ3) is 4.04. The molecule has 1 aromatic heterocycles. The van der Waals surface area contributed by atoms with Gasteiger partial charge < -0.3 is 10.5 Å². The van der Waals surface area contributed by atoms with Crippen LogP contribution in [0.2, 0.25) is 0 Å². The molecule has 0 bridgehead atoms. The van der Waals surface area contributed by atoms with Gasteiger partial charge in [-0.05, 0) is 52.5 Å². The predicted octanol–water partition coefficient (Wildman–Crippen LogP) is 3.44. The standard InChI is InChI=1S/C14H15BrN2O/c15-12-8-14(10-17-9-12)18-6-2-4-11-3-1-5-13(16)7-11/h1,3,5,7-10H,2,4,6,16H2. The number of aryl methyl sites for hydroxylation is 1. The van der Waals surface area contributed by atoms with Gasteiger partial charge in [-0.25, -0.2) is 0 Å². The van der Waals surface area contributed by atoms with Crippen molar-refractivity contribution < 1.29 is 4.74 Å². The van der Waals surface area contributed by atoms with E-state index in [-0.39, 0.29) is 0 Å². The number of benzene rings is 1. The van der Waals surface area contributed by atoms with Crippen molar-refractivity contribution in [1.82, 2.24) is 4.98 Å². The summed E-state index contributed by atoms with van der Waals surface area (Å²) in [5.41, 5.74) is 7.78. The summed E-state index contributed by atoms with van der Waals surface area (Å²) in [5, 5.41) is 0. The molecule has 0 spiro atoms. The molecular weight excluding hydrogens is 292 g/mol. The van der Waals surface area contributed by atoms with Gasteiger partial charge in [-0.1, -0.05) is 12.1 Å². The molecule has 0 aliphatic carbocycles. The van der Waals surface area contributed by atoms with Gasteiger partial charge in [0.15, 0.2) is 0 Å². The third-order valence-electron chi connectivity index (χ3n) is 2.51. The van der Waals surface area contributed by atoms with Crippen molar-refractivity contribution in [2.75, 3.05) is 12.3 Å². The summed E-state index contributed by atoms with van der Waals surface area (Å²) in [7, 11) is 0. The lowest BCUT2D eigenvalue weighted by Gasteiger charge is -2.06. The number of hydrogen-bond donors (Lipinski definition) is 1. The molecule has 18 heavy (non-hydrogen) atoms.